The van der Waals surface area contributed by atoms with Gasteiger partial charge in [-0.1, -0.05) is 42.5 Å². The maximum atomic E-state index is 13.0. The molecule has 2 aromatic carbocycles. The molecule has 0 aliphatic heterocycles. The Balaban J connectivity index is 2.01. The first-order chi connectivity index (χ1) is 11.7. The van der Waals surface area contributed by atoms with Gasteiger partial charge in [-0.2, -0.15) is 0 Å². The summed E-state index contributed by atoms with van der Waals surface area (Å²) in [6, 6.07) is 21.5. The second-order valence-electron chi connectivity index (χ2n) is 5.39. The topological polar surface area (TPSA) is 52.0 Å². The molecule has 4 aromatic rings. The monoisotopic (exact) mass is 334 g/mol. The maximum Gasteiger partial charge on any atom is 0.268 e. The van der Waals surface area contributed by atoms with Crippen LogP contribution in [0.1, 0.15) is 0 Å². The van der Waals surface area contributed by atoms with Crippen LogP contribution in [-0.2, 0) is 10.0 Å². The zero-order valence-electron chi connectivity index (χ0n) is 12.7. The lowest BCUT2D eigenvalue weighted by molar-refractivity contribution is 0.589. The Hall–Kier alpha value is -2.92. The minimum Gasteiger partial charge on any atom is -0.256 e. The highest BCUT2D eigenvalue weighted by Gasteiger charge is 2.21. The SMILES string of the molecule is O=S(=O)(c1ccccc1)n1cc(-c2ccccn2)c2ccccc21. The number of hydrogen-bond donors (Lipinski definition) is 0. The molecule has 5 heteroatoms. The van der Waals surface area contributed by atoms with Crippen LogP contribution in [0.15, 0.2) is 90.1 Å². The molecule has 0 unspecified atom stereocenters. The van der Waals surface area contributed by atoms with Crippen molar-refractivity contribution in [3.63, 3.8) is 0 Å². The third-order valence-corrected chi connectivity index (χ3v) is 5.61. The predicted octanol–water partition coefficient (Wildman–Crippen LogP) is 3.94. The molecule has 0 N–H and O–H groups in total. The molecule has 0 spiro atoms. The summed E-state index contributed by atoms with van der Waals surface area (Å²) in [6.45, 7) is 0. The number of aromatic nitrogens is 2. The van der Waals surface area contributed by atoms with Crippen molar-refractivity contribution in [1.82, 2.24) is 8.96 Å². The Bertz CT molecular complexity index is 1100. The van der Waals surface area contributed by atoms with Crippen LogP contribution in [0.3, 0.4) is 0 Å². The fourth-order valence-corrected chi connectivity index (χ4v) is 4.17. The van der Waals surface area contributed by atoms with Gasteiger partial charge >= 0.3 is 0 Å². The van der Waals surface area contributed by atoms with E-state index < -0.39 is 10.0 Å². The van der Waals surface area contributed by atoms with E-state index >= 15 is 0 Å². The van der Waals surface area contributed by atoms with Crippen LogP contribution in [-0.4, -0.2) is 17.4 Å². The van der Waals surface area contributed by atoms with Crippen molar-refractivity contribution in [2.45, 2.75) is 4.90 Å². The van der Waals surface area contributed by atoms with Gasteiger partial charge in [-0.25, -0.2) is 12.4 Å². The number of pyridine rings is 1. The van der Waals surface area contributed by atoms with Gasteiger partial charge in [-0.05, 0) is 30.3 Å². The molecular weight excluding hydrogens is 320 g/mol. The molecule has 4 rings (SSSR count). The quantitative estimate of drug-likeness (QED) is 0.570. The number of para-hydroxylation sites is 1. The molecule has 0 aliphatic carbocycles. The van der Waals surface area contributed by atoms with Crippen LogP contribution in [0.25, 0.3) is 22.2 Å². The molecule has 2 heterocycles. The van der Waals surface area contributed by atoms with Gasteiger partial charge in [-0.15, -0.1) is 0 Å². The number of nitrogens with zero attached hydrogens (tertiary/aromatic N) is 2. The van der Waals surface area contributed by atoms with Crippen molar-refractivity contribution < 1.29 is 8.42 Å². The number of rotatable bonds is 3. The van der Waals surface area contributed by atoms with E-state index in [2.05, 4.69) is 4.98 Å². The van der Waals surface area contributed by atoms with Crippen LogP contribution in [0.4, 0.5) is 0 Å². The molecule has 0 aliphatic rings. The highest BCUT2D eigenvalue weighted by atomic mass is 32.2. The van der Waals surface area contributed by atoms with E-state index in [1.807, 2.05) is 42.5 Å². The minimum atomic E-state index is -3.66. The van der Waals surface area contributed by atoms with E-state index in [9.17, 15) is 8.42 Å². The number of benzene rings is 2. The van der Waals surface area contributed by atoms with E-state index in [1.54, 1.807) is 42.7 Å². The average Bonchev–Trinajstić information content (AvgIpc) is 3.04. The Morgan fingerprint density at radius 3 is 2.25 bits per heavy atom. The molecule has 4 nitrogen and oxygen atoms in total. The molecule has 118 valence electrons. The summed E-state index contributed by atoms with van der Waals surface area (Å²) in [6.07, 6.45) is 3.35. The van der Waals surface area contributed by atoms with E-state index in [0.29, 0.717) is 5.52 Å². The van der Waals surface area contributed by atoms with Crippen LogP contribution in [0.5, 0.6) is 0 Å². The molecule has 0 saturated carbocycles. The number of fused-ring (bicyclic) bond motifs is 1. The standard InChI is InChI=1S/C19H14N2O2S/c22-24(23,15-8-2-1-3-9-15)21-14-17(18-11-6-7-13-20-18)16-10-4-5-12-19(16)21/h1-14H. The summed E-state index contributed by atoms with van der Waals surface area (Å²) in [7, 11) is -3.66. The first-order valence-electron chi connectivity index (χ1n) is 7.50. The Labute approximate surface area is 140 Å². The fourth-order valence-electron chi connectivity index (χ4n) is 2.78. The van der Waals surface area contributed by atoms with E-state index in [0.717, 1.165) is 16.6 Å². The van der Waals surface area contributed by atoms with Gasteiger partial charge in [0.1, 0.15) is 0 Å². The predicted molar refractivity (Wildman–Crippen MR) is 94.2 cm³/mol. The molecule has 0 saturated heterocycles. The van der Waals surface area contributed by atoms with E-state index in [-0.39, 0.29) is 4.90 Å². The summed E-state index contributed by atoms with van der Waals surface area (Å²) in [5, 5.41) is 0.857. The van der Waals surface area contributed by atoms with Gasteiger partial charge in [0.2, 0.25) is 0 Å². The van der Waals surface area contributed by atoms with Gasteiger partial charge in [0.15, 0.2) is 0 Å². The molecule has 0 amide bonds. The third-order valence-electron chi connectivity index (χ3n) is 3.92. The average molecular weight is 334 g/mol. The van der Waals surface area contributed by atoms with Crippen molar-refractivity contribution in [1.29, 1.82) is 0 Å². The normalized spacial score (nSPS) is 11.7. The van der Waals surface area contributed by atoms with Gasteiger partial charge in [0.25, 0.3) is 10.0 Å². The Morgan fingerprint density at radius 1 is 0.792 bits per heavy atom. The van der Waals surface area contributed by atoms with Gasteiger partial charge in [0.05, 0.1) is 16.1 Å². The zero-order valence-corrected chi connectivity index (χ0v) is 13.5. The maximum absolute atomic E-state index is 13.0. The highest BCUT2D eigenvalue weighted by Crippen LogP contribution is 2.31. The van der Waals surface area contributed by atoms with Gasteiger partial charge < -0.3 is 0 Å². The molecule has 24 heavy (non-hydrogen) atoms. The van der Waals surface area contributed by atoms with Crippen LogP contribution in [0, 0.1) is 0 Å². The molecule has 0 bridgehead atoms. The van der Waals surface area contributed by atoms with Crippen LogP contribution < -0.4 is 0 Å². The van der Waals surface area contributed by atoms with Crippen molar-refractivity contribution in [2.24, 2.45) is 0 Å². The zero-order chi connectivity index (χ0) is 16.6. The smallest absolute Gasteiger partial charge is 0.256 e. The Morgan fingerprint density at radius 2 is 1.50 bits per heavy atom. The molecule has 0 fully saturated rings. The lowest BCUT2D eigenvalue weighted by Gasteiger charge is -2.07. The largest absolute Gasteiger partial charge is 0.268 e. The van der Waals surface area contributed by atoms with Gasteiger partial charge in [-0.3, -0.25) is 4.98 Å². The summed E-state index contributed by atoms with van der Waals surface area (Å²) >= 11 is 0. The summed E-state index contributed by atoms with van der Waals surface area (Å²) in [5.41, 5.74) is 2.18. The van der Waals surface area contributed by atoms with Crippen molar-refractivity contribution in [2.75, 3.05) is 0 Å². The van der Waals surface area contributed by atoms with Crippen molar-refractivity contribution in [3.8, 4) is 11.3 Å². The first-order valence-corrected chi connectivity index (χ1v) is 8.94. The van der Waals surface area contributed by atoms with Crippen LogP contribution in [0.2, 0.25) is 0 Å². The lowest BCUT2D eigenvalue weighted by Crippen LogP contribution is -2.11. The fraction of sp³-hybridized carbons (Fsp3) is 0. The third kappa shape index (κ3) is 2.30. The van der Waals surface area contributed by atoms with Gasteiger partial charge in [0, 0.05) is 23.3 Å². The summed E-state index contributed by atoms with van der Waals surface area (Å²) in [5.74, 6) is 0. The number of hydrogen-bond acceptors (Lipinski definition) is 3. The molecule has 2 aromatic heterocycles. The summed E-state index contributed by atoms with van der Waals surface area (Å²) < 4.78 is 27.4. The lowest BCUT2D eigenvalue weighted by atomic mass is 10.1. The summed E-state index contributed by atoms with van der Waals surface area (Å²) in [4.78, 5) is 4.62. The van der Waals surface area contributed by atoms with Crippen molar-refractivity contribution in [3.05, 3.63) is 85.2 Å². The second kappa shape index (κ2) is 5.62. The van der Waals surface area contributed by atoms with Crippen molar-refractivity contribution >= 4 is 20.9 Å². The highest BCUT2D eigenvalue weighted by molar-refractivity contribution is 7.90. The first kappa shape index (κ1) is 14.7. The molecule has 0 atom stereocenters. The Kier molecular flexibility index (Phi) is 3.43. The second-order valence-corrected chi connectivity index (χ2v) is 7.20. The minimum absolute atomic E-state index is 0.262. The van der Waals surface area contributed by atoms with E-state index in [1.165, 1.54) is 3.97 Å². The molecular formula is C19H14N2O2S. The van der Waals surface area contributed by atoms with E-state index in [4.69, 9.17) is 0 Å². The molecule has 0 radical (unpaired) electrons. The van der Waals surface area contributed by atoms with Crippen LogP contribution >= 0.6 is 0 Å².